The second-order valence-corrected chi connectivity index (χ2v) is 7.91. The number of methoxy groups -OCH3 is 1. The number of benzene rings is 1. The number of hydrogen-bond acceptors (Lipinski definition) is 5. The minimum absolute atomic E-state index is 0.145. The summed E-state index contributed by atoms with van der Waals surface area (Å²) in [6.45, 7) is 10.1. The highest BCUT2D eigenvalue weighted by molar-refractivity contribution is 5.55. The molecule has 0 unspecified atom stereocenters. The molecule has 23 heavy (non-hydrogen) atoms. The molecule has 0 aromatic heterocycles. The smallest absolute Gasteiger partial charge is 0.231 e. The highest BCUT2D eigenvalue weighted by Crippen LogP contribution is 2.41. The molecule has 2 heterocycles. The molecule has 128 valence electrons. The predicted molar refractivity (Wildman–Crippen MR) is 90.3 cm³/mol. The lowest BCUT2D eigenvalue weighted by Crippen LogP contribution is -2.61. The van der Waals surface area contributed by atoms with Crippen molar-refractivity contribution in [3.05, 3.63) is 17.7 Å². The summed E-state index contributed by atoms with van der Waals surface area (Å²) >= 11 is 0. The van der Waals surface area contributed by atoms with Crippen LogP contribution in [0.4, 0.5) is 0 Å². The number of nitrogens with one attached hydrogen (secondary N) is 2. The number of hydrogen-bond donors (Lipinski definition) is 2. The highest BCUT2D eigenvalue weighted by Gasteiger charge is 2.37. The third-order valence-electron chi connectivity index (χ3n) is 4.50. The number of rotatable bonds is 4. The maximum atomic E-state index is 5.50. The minimum Gasteiger partial charge on any atom is -0.493 e. The van der Waals surface area contributed by atoms with Gasteiger partial charge in [-0.3, -0.25) is 0 Å². The largest absolute Gasteiger partial charge is 0.493 e. The van der Waals surface area contributed by atoms with E-state index in [1.807, 2.05) is 12.1 Å². The van der Waals surface area contributed by atoms with Gasteiger partial charge in [0.05, 0.1) is 7.11 Å². The quantitative estimate of drug-likeness (QED) is 0.893. The summed E-state index contributed by atoms with van der Waals surface area (Å²) in [6, 6.07) is 4.55. The Kier molecular flexibility index (Phi) is 4.19. The van der Waals surface area contributed by atoms with Crippen LogP contribution in [0.1, 0.15) is 46.1 Å². The van der Waals surface area contributed by atoms with Crippen molar-refractivity contribution >= 4 is 0 Å². The van der Waals surface area contributed by atoms with E-state index < -0.39 is 0 Å². The standard InChI is InChI=1S/C18H28N2O3/c1-17(2)8-13(9-18(3,4)20-17)19-10-12-6-14(21-5)16-15(7-12)22-11-23-16/h6-7,13,19-20H,8-11H2,1-5H3. The topological polar surface area (TPSA) is 51.8 Å². The summed E-state index contributed by atoms with van der Waals surface area (Å²) in [4.78, 5) is 0. The second kappa shape index (κ2) is 5.87. The third kappa shape index (κ3) is 3.72. The molecule has 2 N–H and O–H groups in total. The van der Waals surface area contributed by atoms with Gasteiger partial charge in [0.25, 0.3) is 0 Å². The van der Waals surface area contributed by atoms with Crippen molar-refractivity contribution in [3.63, 3.8) is 0 Å². The lowest BCUT2D eigenvalue weighted by Gasteiger charge is -2.46. The molecular formula is C18H28N2O3. The Balaban J connectivity index is 1.69. The van der Waals surface area contributed by atoms with Crippen molar-refractivity contribution in [2.75, 3.05) is 13.9 Å². The molecule has 5 nitrogen and oxygen atoms in total. The van der Waals surface area contributed by atoms with Crippen LogP contribution in [0.2, 0.25) is 0 Å². The van der Waals surface area contributed by atoms with Crippen molar-refractivity contribution in [3.8, 4) is 17.2 Å². The summed E-state index contributed by atoms with van der Waals surface area (Å²) < 4.78 is 16.4. The Labute approximate surface area is 138 Å². The molecule has 3 rings (SSSR count). The van der Waals surface area contributed by atoms with Gasteiger partial charge in [-0.05, 0) is 58.2 Å². The van der Waals surface area contributed by atoms with Crippen LogP contribution in [0.3, 0.4) is 0 Å². The lowest BCUT2D eigenvalue weighted by atomic mass is 9.79. The molecule has 5 heteroatoms. The second-order valence-electron chi connectivity index (χ2n) is 7.91. The van der Waals surface area contributed by atoms with E-state index in [0.29, 0.717) is 11.8 Å². The van der Waals surface area contributed by atoms with E-state index in [2.05, 4.69) is 38.3 Å². The zero-order chi connectivity index (χ0) is 16.7. The fraction of sp³-hybridized carbons (Fsp3) is 0.667. The molecule has 0 radical (unpaired) electrons. The predicted octanol–water partition coefficient (Wildman–Crippen LogP) is 2.82. The van der Waals surface area contributed by atoms with Gasteiger partial charge < -0.3 is 24.8 Å². The van der Waals surface area contributed by atoms with Gasteiger partial charge in [0.15, 0.2) is 11.5 Å². The average Bonchev–Trinajstić information content (AvgIpc) is 2.89. The van der Waals surface area contributed by atoms with Gasteiger partial charge in [0.2, 0.25) is 12.5 Å². The molecule has 0 bridgehead atoms. The summed E-state index contributed by atoms with van der Waals surface area (Å²) in [7, 11) is 1.66. The molecule has 1 saturated heterocycles. The van der Waals surface area contributed by atoms with E-state index >= 15 is 0 Å². The summed E-state index contributed by atoms with van der Waals surface area (Å²) in [5.74, 6) is 2.22. The maximum absolute atomic E-state index is 5.50. The van der Waals surface area contributed by atoms with Crippen molar-refractivity contribution in [1.29, 1.82) is 0 Å². The number of piperidine rings is 1. The highest BCUT2D eigenvalue weighted by atomic mass is 16.7. The molecule has 0 atom stereocenters. The van der Waals surface area contributed by atoms with Crippen LogP contribution in [0.25, 0.3) is 0 Å². The fourth-order valence-corrected chi connectivity index (χ4v) is 4.01. The molecule has 1 aromatic rings. The van der Waals surface area contributed by atoms with Crippen molar-refractivity contribution in [2.45, 2.75) is 64.2 Å². The van der Waals surface area contributed by atoms with Crippen LogP contribution < -0.4 is 24.8 Å². The van der Waals surface area contributed by atoms with Gasteiger partial charge in [-0.1, -0.05) is 0 Å². The van der Waals surface area contributed by atoms with Gasteiger partial charge in [-0.15, -0.1) is 0 Å². The van der Waals surface area contributed by atoms with Gasteiger partial charge in [-0.25, -0.2) is 0 Å². The normalized spacial score (nSPS) is 22.1. The monoisotopic (exact) mass is 320 g/mol. The Hall–Kier alpha value is -1.46. The minimum atomic E-state index is 0.145. The van der Waals surface area contributed by atoms with E-state index in [-0.39, 0.29) is 17.9 Å². The van der Waals surface area contributed by atoms with E-state index in [4.69, 9.17) is 14.2 Å². The van der Waals surface area contributed by atoms with Crippen LogP contribution in [0, 0.1) is 0 Å². The van der Waals surface area contributed by atoms with Crippen LogP contribution in [0.5, 0.6) is 17.2 Å². The molecule has 2 aliphatic heterocycles. The number of ether oxygens (including phenoxy) is 3. The van der Waals surface area contributed by atoms with E-state index in [0.717, 1.165) is 36.4 Å². The van der Waals surface area contributed by atoms with Crippen molar-refractivity contribution in [2.24, 2.45) is 0 Å². The van der Waals surface area contributed by atoms with E-state index in [1.54, 1.807) is 7.11 Å². The fourth-order valence-electron chi connectivity index (χ4n) is 4.01. The Bertz CT molecular complexity index is 568. The van der Waals surface area contributed by atoms with Gasteiger partial charge in [0, 0.05) is 23.7 Å². The molecular weight excluding hydrogens is 292 g/mol. The van der Waals surface area contributed by atoms with Gasteiger partial charge in [-0.2, -0.15) is 0 Å². The van der Waals surface area contributed by atoms with Crippen molar-refractivity contribution in [1.82, 2.24) is 10.6 Å². The Morgan fingerprint density at radius 2 is 1.87 bits per heavy atom. The van der Waals surface area contributed by atoms with Crippen LogP contribution in [0.15, 0.2) is 12.1 Å². The molecule has 2 aliphatic rings. The Morgan fingerprint density at radius 1 is 1.17 bits per heavy atom. The van der Waals surface area contributed by atoms with Crippen LogP contribution in [-0.2, 0) is 6.54 Å². The van der Waals surface area contributed by atoms with Gasteiger partial charge >= 0.3 is 0 Å². The summed E-state index contributed by atoms with van der Waals surface area (Å²) in [5, 5.41) is 7.42. The maximum Gasteiger partial charge on any atom is 0.231 e. The summed E-state index contributed by atoms with van der Waals surface area (Å²) in [6.07, 6.45) is 2.22. The zero-order valence-electron chi connectivity index (χ0n) is 14.8. The first kappa shape index (κ1) is 16.4. The van der Waals surface area contributed by atoms with Gasteiger partial charge in [0.1, 0.15) is 0 Å². The van der Waals surface area contributed by atoms with E-state index in [9.17, 15) is 0 Å². The Morgan fingerprint density at radius 3 is 2.52 bits per heavy atom. The lowest BCUT2D eigenvalue weighted by molar-refractivity contribution is 0.145. The SMILES string of the molecule is COc1cc(CNC2CC(C)(C)NC(C)(C)C2)cc2c1OCO2. The van der Waals surface area contributed by atoms with Crippen molar-refractivity contribution < 1.29 is 14.2 Å². The van der Waals surface area contributed by atoms with E-state index in [1.165, 1.54) is 0 Å². The first-order valence-corrected chi connectivity index (χ1v) is 8.27. The molecule has 0 aliphatic carbocycles. The van der Waals surface area contributed by atoms with Crippen LogP contribution in [-0.4, -0.2) is 31.0 Å². The first-order chi connectivity index (χ1) is 10.8. The molecule has 1 aromatic carbocycles. The van der Waals surface area contributed by atoms with Crippen LogP contribution >= 0.6 is 0 Å². The molecule has 0 spiro atoms. The average molecular weight is 320 g/mol. The summed E-state index contributed by atoms with van der Waals surface area (Å²) in [5.41, 5.74) is 1.44. The third-order valence-corrected chi connectivity index (χ3v) is 4.50. The zero-order valence-corrected chi connectivity index (χ0v) is 14.8. The number of fused-ring (bicyclic) bond motifs is 1. The molecule has 0 amide bonds. The first-order valence-electron chi connectivity index (χ1n) is 8.27. The molecule has 1 fully saturated rings. The molecule has 0 saturated carbocycles.